The zero-order valence-corrected chi connectivity index (χ0v) is 38.6. The van der Waals surface area contributed by atoms with Crippen LogP contribution in [-0.4, -0.2) is 24.1 Å². The minimum atomic E-state index is -0.422. The average Bonchev–Trinajstić information content (AvgIpc) is 4.04. The summed E-state index contributed by atoms with van der Waals surface area (Å²) < 4.78 is 0. The van der Waals surface area contributed by atoms with Crippen molar-refractivity contribution in [1.82, 2.24) is 10.6 Å². The van der Waals surface area contributed by atoms with Crippen LogP contribution in [0.3, 0.4) is 0 Å². The van der Waals surface area contributed by atoms with E-state index in [-0.39, 0.29) is 22.9 Å². The van der Waals surface area contributed by atoms with Gasteiger partial charge >= 0.3 is 12.1 Å². The molecule has 4 aliphatic rings. The minimum absolute atomic E-state index is 0.0832. The number of nitrogens with one attached hydrogen (secondary N) is 2. The number of hydrogen-bond donors (Lipinski definition) is 4. The van der Waals surface area contributed by atoms with E-state index in [1.165, 1.54) is 95.9 Å². The van der Waals surface area contributed by atoms with Crippen LogP contribution in [-0.2, 0) is 0 Å². The molecule has 0 saturated heterocycles. The highest BCUT2D eigenvalue weighted by Crippen LogP contribution is 2.67. The van der Waals surface area contributed by atoms with Gasteiger partial charge in [0.1, 0.15) is 0 Å². The van der Waals surface area contributed by atoms with Crippen LogP contribution in [0.4, 0.5) is 9.59 Å². The molecule has 0 bridgehead atoms. The van der Waals surface area contributed by atoms with Gasteiger partial charge in [-0.05, 0) is 121 Å². The molecule has 4 amide bonds. The van der Waals surface area contributed by atoms with Crippen molar-refractivity contribution in [3.8, 4) is 0 Å². The Morgan fingerprint density at radius 3 is 1.20 bits per heavy atom. The first kappa shape index (κ1) is 46.4. The van der Waals surface area contributed by atoms with E-state index in [1.54, 1.807) is 11.1 Å². The Hall–Kier alpha value is -5.62. The number of hydrogen-bond acceptors (Lipinski definition) is 2. The van der Waals surface area contributed by atoms with E-state index < -0.39 is 12.1 Å². The molecule has 0 radical (unpaired) electrons. The molecule has 2 fully saturated rings. The fourth-order valence-electron chi connectivity index (χ4n) is 12.5. The fourth-order valence-corrected chi connectivity index (χ4v) is 12.5. The largest absolute Gasteiger partial charge is 0.352 e. The van der Waals surface area contributed by atoms with Crippen LogP contribution in [0.25, 0.3) is 22.3 Å². The molecular weight excluding hydrogens is 785 g/mol. The van der Waals surface area contributed by atoms with Gasteiger partial charge in [0.25, 0.3) is 0 Å². The third kappa shape index (κ3) is 9.58. The van der Waals surface area contributed by atoms with Crippen LogP contribution in [0.15, 0.2) is 146 Å². The van der Waals surface area contributed by atoms with Crippen molar-refractivity contribution < 1.29 is 9.59 Å². The van der Waals surface area contributed by atoms with Crippen molar-refractivity contribution in [3.63, 3.8) is 0 Å². The van der Waals surface area contributed by atoms with Crippen LogP contribution < -0.4 is 22.1 Å². The molecule has 6 atom stereocenters. The van der Waals surface area contributed by atoms with Crippen LogP contribution in [0, 0.1) is 22.7 Å². The number of allylic oxidation sites excluding steroid dienone is 6. The maximum absolute atomic E-state index is 11.8. The van der Waals surface area contributed by atoms with E-state index in [0.29, 0.717) is 11.8 Å². The normalized spacial score (nSPS) is 24.4. The van der Waals surface area contributed by atoms with Crippen LogP contribution in [0.1, 0.15) is 139 Å². The molecule has 336 valence electrons. The van der Waals surface area contributed by atoms with Crippen molar-refractivity contribution in [2.45, 2.75) is 129 Å². The number of carbonyl (C=O) groups excluding carboxylic acids is 2. The number of unbranched alkanes of at least 4 members (excludes halogenated alkanes) is 6. The van der Waals surface area contributed by atoms with Gasteiger partial charge in [-0.1, -0.05) is 198 Å². The number of amides is 4. The summed E-state index contributed by atoms with van der Waals surface area (Å²) in [7, 11) is 0. The topological polar surface area (TPSA) is 110 Å². The number of primary amides is 2. The maximum atomic E-state index is 11.8. The van der Waals surface area contributed by atoms with Gasteiger partial charge in [-0.25, -0.2) is 9.59 Å². The lowest BCUT2D eigenvalue weighted by Gasteiger charge is -2.37. The lowest BCUT2D eigenvalue weighted by atomic mass is 9.66. The molecule has 2 saturated carbocycles. The second-order valence-electron chi connectivity index (χ2n) is 18.9. The second kappa shape index (κ2) is 21.4. The summed E-state index contributed by atoms with van der Waals surface area (Å²) in [5.41, 5.74) is 24.2. The van der Waals surface area contributed by atoms with E-state index in [1.807, 2.05) is 0 Å². The zero-order chi connectivity index (χ0) is 45.1. The first-order valence-corrected chi connectivity index (χ1v) is 24.3. The Bertz CT molecular complexity index is 2120. The standard InChI is InChI=1S/2C29H36N2O/c2*1-3-4-5-8-17-24-20-25-26(31-28(30)32)18-19-29(25,21(2)22-13-9-6-10-14-22)27(24)23-15-11-7-12-16-23/h2*6-7,9-16,25-26H,2-5,8,17-20H2,1H3,(H3,30,31,32)/t25?,26-,29+;25?,26-,29-/m10/s1. The molecule has 0 spiro atoms. The predicted molar refractivity (Wildman–Crippen MR) is 268 cm³/mol. The lowest BCUT2D eigenvalue weighted by molar-refractivity contribution is 0.238. The Morgan fingerprint density at radius 2 is 0.875 bits per heavy atom. The highest BCUT2D eigenvalue weighted by atomic mass is 16.2. The van der Waals surface area contributed by atoms with Crippen molar-refractivity contribution in [2.24, 2.45) is 34.1 Å². The van der Waals surface area contributed by atoms with Gasteiger partial charge in [0, 0.05) is 22.9 Å². The molecule has 4 aromatic rings. The quantitative estimate of drug-likeness (QED) is 0.0748. The zero-order valence-electron chi connectivity index (χ0n) is 38.6. The number of benzene rings is 4. The molecule has 2 unspecified atom stereocenters. The van der Waals surface area contributed by atoms with E-state index in [9.17, 15) is 9.59 Å². The lowest BCUT2D eigenvalue weighted by Crippen LogP contribution is -2.43. The van der Waals surface area contributed by atoms with Gasteiger partial charge in [0.15, 0.2) is 0 Å². The molecule has 6 heteroatoms. The summed E-state index contributed by atoms with van der Waals surface area (Å²) in [4.78, 5) is 23.7. The summed E-state index contributed by atoms with van der Waals surface area (Å²) in [5, 5.41) is 6.17. The molecule has 8 rings (SSSR count). The van der Waals surface area contributed by atoms with Crippen molar-refractivity contribution in [1.29, 1.82) is 0 Å². The summed E-state index contributed by atoms with van der Waals surface area (Å²) in [6.45, 7) is 13.9. The van der Waals surface area contributed by atoms with Gasteiger partial charge in [-0.2, -0.15) is 0 Å². The van der Waals surface area contributed by atoms with Crippen LogP contribution in [0.5, 0.6) is 0 Å². The third-order valence-corrected chi connectivity index (χ3v) is 15.2. The molecule has 0 aliphatic heterocycles. The van der Waals surface area contributed by atoms with E-state index >= 15 is 0 Å². The summed E-state index contributed by atoms with van der Waals surface area (Å²) in [6.07, 6.45) is 18.1. The highest BCUT2D eigenvalue weighted by Gasteiger charge is 2.58. The Balaban J connectivity index is 0.000000191. The minimum Gasteiger partial charge on any atom is -0.352 e. The first-order chi connectivity index (χ1) is 31.1. The van der Waals surface area contributed by atoms with Gasteiger partial charge in [-0.15, -0.1) is 0 Å². The first-order valence-electron chi connectivity index (χ1n) is 24.3. The smallest absolute Gasteiger partial charge is 0.312 e. The molecule has 6 nitrogen and oxygen atoms in total. The molecule has 0 heterocycles. The van der Waals surface area contributed by atoms with Gasteiger partial charge in [-0.3, -0.25) is 0 Å². The van der Waals surface area contributed by atoms with Gasteiger partial charge in [0.2, 0.25) is 0 Å². The third-order valence-electron chi connectivity index (χ3n) is 15.2. The highest BCUT2D eigenvalue weighted by molar-refractivity contribution is 5.92. The monoisotopic (exact) mass is 857 g/mol. The van der Waals surface area contributed by atoms with E-state index in [0.717, 1.165) is 51.4 Å². The average molecular weight is 857 g/mol. The number of nitrogens with two attached hydrogens (primary N) is 2. The summed E-state index contributed by atoms with van der Waals surface area (Å²) >= 11 is 0. The van der Waals surface area contributed by atoms with Crippen LogP contribution in [0.2, 0.25) is 0 Å². The molecule has 4 aliphatic carbocycles. The number of urea groups is 2. The van der Waals surface area contributed by atoms with Gasteiger partial charge < -0.3 is 22.1 Å². The number of fused-ring (bicyclic) bond motifs is 2. The molecular formula is C58H72N4O2. The van der Waals surface area contributed by atoms with Crippen LogP contribution >= 0.6 is 0 Å². The van der Waals surface area contributed by atoms with E-state index in [2.05, 4.69) is 146 Å². The molecule has 64 heavy (non-hydrogen) atoms. The molecule has 4 aromatic carbocycles. The summed E-state index contributed by atoms with van der Waals surface area (Å²) in [5.74, 6) is 0.582. The molecule has 6 N–H and O–H groups in total. The van der Waals surface area contributed by atoms with Crippen molar-refractivity contribution in [3.05, 3.63) is 168 Å². The Kier molecular flexibility index (Phi) is 15.5. The Morgan fingerprint density at radius 1 is 0.531 bits per heavy atom. The second-order valence-corrected chi connectivity index (χ2v) is 18.9. The summed E-state index contributed by atoms with van der Waals surface area (Å²) in [6, 6.07) is 42.2. The predicted octanol–water partition coefficient (Wildman–Crippen LogP) is 13.9. The number of rotatable bonds is 18. The SMILES string of the molecule is C=C(c1ccccc1)[C@@]12CC[C@@H](NC(N)=O)C1CC(CCCCCC)=C2c1ccccc1.C=C(c1ccccc1)[C@@]12CC[C@H](NC(N)=O)C1CC(CCCCCC)=C2c1ccccc1. The molecule has 0 aromatic heterocycles. The Labute approximate surface area is 383 Å². The number of carbonyl (C=O) groups is 2. The van der Waals surface area contributed by atoms with Crippen molar-refractivity contribution >= 4 is 34.4 Å². The maximum Gasteiger partial charge on any atom is 0.312 e. The fraction of sp³-hybridized carbons (Fsp3) is 0.414. The van der Waals surface area contributed by atoms with Gasteiger partial charge in [0.05, 0.1) is 0 Å². The van der Waals surface area contributed by atoms with E-state index in [4.69, 9.17) is 24.6 Å². The van der Waals surface area contributed by atoms with Crippen molar-refractivity contribution in [2.75, 3.05) is 0 Å².